The van der Waals surface area contributed by atoms with Crippen LogP contribution in [0.3, 0.4) is 0 Å². The van der Waals surface area contributed by atoms with E-state index in [4.69, 9.17) is 9.47 Å². The standard InChI is InChI=1S/C15H18N2O4/c1-11-2-3-12-13(8-11)21-10-15(19)17(12)9-14(18)16-4-6-20-7-5-16/h2-3,8H,4-7,9-10H2,1H3. The number of hydrogen-bond donors (Lipinski definition) is 0. The molecular formula is C15H18N2O4. The normalized spacial score (nSPS) is 18.2. The zero-order valence-corrected chi connectivity index (χ0v) is 12.0. The molecule has 0 aromatic heterocycles. The van der Waals surface area contributed by atoms with Crippen molar-refractivity contribution in [1.82, 2.24) is 4.90 Å². The second kappa shape index (κ2) is 5.73. The highest BCUT2D eigenvalue weighted by Crippen LogP contribution is 2.32. The largest absolute Gasteiger partial charge is 0.482 e. The Hall–Kier alpha value is -2.08. The van der Waals surface area contributed by atoms with Crippen LogP contribution >= 0.6 is 0 Å². The minimum atomic E-state index is -0.187. The quantitative estimate of drug-likeness (QED) is 0.799. The van der Waals surface area contributed by atoms with Crippen molar-refractivity contribution in [2.45, 2.75) is 6.92 Å². The fourth-order valence-corrected chi connectivity index (χ4v) is 2.53. The lowest BCUT2D eigenvalue weighted by atomic mass is 10.1. The minimum absolute atomic E-state index is 0.0210. The van der Waals surface area contributed by atoms with Gasteiger partial charge in [-0.15, -0.1) is 0 Å². The van der Waals surface area contributed by atoms with Crippen molar-refractivity contribution >= 4 is 17.5 Å². The maximum atomic E-state index is 12.3. The number of morpholine rings is 1. The number of hydrogen-bond acceptors (Lipinski definition) is 4. The van der Waals surface area contributed by atoms with Crippen molar-refractivity contribution in [1.29, 1.82) is 0 Å². The van der Waals surface area contributed by atoms with Gasteiger partial charge in [-0.2, -0.15) is 0 Å². The van der Waals surface area contributed by atoms with Crippen LogP contribution in [0.25, 0.3) is 0 Å². The topological polar surface area (TPSA) is 59.1 Å². The molecule has 0 spiro atoms. The minimum Gasteiger partial charge on any atom is -0.482 e. The number of rotatable bonds is 2. The Morgan fingerprint density at radius 2 is 2.05 bits per heavy atom. The van der Waals surface area contributed by atoms with Gasteiger partial charge in [0.2, 0.25) is 5.91 Å². The number of amides is 2. The Bertz CT molecular complexity index is 567. The van der Waals surface area contributed by atoms with Crippen LogP contribution in [0.4, 0.5) is 5.69 Å². The summed E-state index contributed by atoms with van der Waals surface area (Å²) >= 11 is 0. The number of carbonyl (C=O) groups is 2. The Morgan fingerprint density at radius 3 is 2.81 bits per heavy atom. The highest BCUT2D eigenvalue weighted by Gasteiger charge is 2.29. The molecule has 0 unspecified atom stereocenters. The molecule has 3 rings (SSSR count). The number of aryl methyl sites for hydroxylation is 1. The summed E-state index contributed by atoms with van der Waals surface area (Å²) in [5.41, 5.74) is 1.72. The van der Waals surface area contributed by atoms with E-state index in [-0.39, 0.29) is 25.0 Å². The Morgan fingerprint density at radius 1 is 1.29 bits per heavy atom. The Labute approximate surface area is 123 Å². The van der Waals surface area contributed by atoms with E-state index in [0.717, 1.165) is 5.56 Å². The van der Waals surface area contributed by atoms with Gasteiger partial charge in [0.05, 0.1) is 18.9 Å². The first-order valence-electron chi connectivity index (χ1n) is 7.04. The lowest BCUT2D eigenvalue weighted by molar-refractivity contribution is -0.135. The highest BCUT2D eigenvalue weighted by atomic mass is 16.5. The first-order valence-corrected chi connectivity index (χ1v) is 7.04. The molecule has 0 atom stereocenters. The maximum Gasteiger partial charge on any atom is 0.265 e. The second-order valence-electron chi connectivity index (χ2n) is 5.23. The molecule has 2 aliphatic heterocycles. The van der Waals surface area contributed by atoms with Crippen molar-refractivity contribution in [3.05, 3.63) is 23.8 Å². The predicted octanol–water partition coefficient (Wildman–Crippen LogP) is 0.579. The Balaban J connectivity index is 1.78. The SMILES string of the molecule is Cc1ccc2c(c1)OCC(=O)N2CC(=O)N1CCOCC1. The summed E-state index contributed by atoms with van der Waals surface area (Å²) in [6.07, 6.45) is 0. The van der Waals surface area contributed by atoms with Gasteiger partial charge in [-0.05, 0) is 24.6 Å². The van der Waals surface area contributed by atoms with Crippen LogP contribution in [0, 0.1) is 6.92 Å². The average molecular weight is 290 g/mol. The molecule has 1 aromatic rings. The Kier molecular flexibility index (Phi) is 3.79. The fraction of sp³-hybridized carbons (Fsp3) is 0.467. The molecule has 6 heteroatoms. The summed E-state index contributed by atoms with van der Waals surface area (Å²) in [6.45, 7) is 4.27. The lowest BCUT2D eigenvalue weighted by Crippen LogP contribution is -2.49. The molecule has 0 radical (unpaired) electrons. The van der Waals surface area contributed by atoms with Crippen LogP contribution in [0.1, 0.15) is 5.56 Å². The number of benzene rings is 1. The molecule has 2 amide bonds. The van der Waals surface area contributed by atoms with Gasteiger partial charge in [-0.3, -0.25) is 14.5 Å². The van der Waals surface area contributed by atoms with E-state index in [1.807, 2.05) is 25.1 Å². The molecule has 0 bridgehead atoms. The van der Waals surface area contributed by atoms with Gasteiger partial charge in [-0.25, -0.2) is 0 Å². The van der Waals surface area contributed by atoms with Crippen LogP contribution in [-0.2, 0) is 14.3 Å². The number of ether oxygens (including phenoxy) is 2. The zero-order valence-electron chi connectivity index (χ0n) is 12.0. The predicted molar refractivity (Wildman–Crippen MR) is 76.4 cm³/mol. The molecular weight excluding hydrogens is 272 g/mol. The van der Waals surface area contributed by atoms with Crippen molar-refractivity contribution in [2.24, 2.45) is 0 Å². The summed E-state index contributed by atoms with van der Waals surface area (Å²) in [4.78, 5) is 27.6. The first-order chi connectivity index (χ1) is 10.1. The molecule has 2 aliphatic rings. The number of anilines is 1. The number of fused-ring (bicyclic) bond motifs is 1. The summed E-state index contributed by atoms with van der Waals surface area (Å²) in [5.74, 6) is 0.414. The van der Waals surface area contributed by atoms with Gasteiger partial charge in [-0.1, -0.05) is 6.07 Å². The monoisotopic (exact) mass is 290 g/mol. The molecule has 0 N–H and O–H groups in total. The van der Waals surface area contributed by atoms with Gasteiger partial charge in [0.1, 0.15) is 12.3 Å². The molecule has 1 fully saturated rings. The zero-order chi connectivity index (χ0) is 14.8. The van der Waals surface area contributed by atoms with E-state index in [1.165, 1.54) is 4.90 Å². The van der Waals surface area contributed by atoms with Crippen LogP contribution in [-0.4, -0.2) is 56.2 Å². The third kappa shape index (κ3) is 2.85. The van der Waals surface area contributed by atoms with Crippen LogP contribution < -0.4 is 9.64 Å². The lowest BCUT2D eigenvalue weighted by Gasteiger charge is -2.32. The van der Waals surface area contributed by atoms with E-state index in [0.29, 0.717) is 37.7 Å². The summed E-state index contributed by atoms with van der Waals surface area (Å²) in [6, 6.07) is 5.62. The first kappa shape index (κ1) is 13.9. The summed E-state index contributed by atoms with van der Waals surface area (Å²) in [7, 11) is 0. The second-order valence-corrected chi connectivity index (χ2v) is 5.23. The van der Waals surface area contributed by atoms with Gasteiger partial charge in [0.25, 0.3) is 5.91 Å². The third-order valence-corrected chi connectivity index (χ3v) is 3.72. The van der Waals surface area contributed by atoms with Crippen molar-refractivity contribution in [3.63, 3.8) is 0 Å². The van der Waals surface area contributed by atoms with Crippen molar-refractivity contribution in [3.8, 4) is 5.75 Å². The van der Waals surface area contributed by atoms with E-state index in [2.05, 4.69) is 0 Å². The highest BCUT2D eigenvalue weighted by molar-refractivity contribution is 6.02. The van der Waals surface area contributed by atoms with E-state index in [1.54, 1.807) is 4.90 Å². The van der Waals surface area contributed by atoms with E-state index >= 15 is 0 Å². The number of nitrogens with zero attached hydrogens (tertiary/aromatic N) is 2. The summed E-state index contributed by atoms with van der Waals surface area (Å²) < 4.78 is 10.7. The van der Waals surface area contributed by atoms with Gasteiger partial charge in [0, 0.05) is 13.1 Å². The molecule has 0 aliphatic carbocycles. The molecule has 0 saturated carbocycles. The summed E-state index contributed by atoms with van der Waals surface area (Å²) in [5, 5.41) is 0. The smallest absolute Gasteiger partial charge is 0.265 e. The fourth-order valence-electron chi connectivity index (χ4n) is 2.53. The van der Waals surface area contributed by atoms with Crippen molar-refractivity contribution < 1.29 is 19.1 Å². The van der Waals surface area contributed by atoms with Crippen LogP contribution in [0.15, 0.2) is 18.2 Å². The van der Waals surface area contributed by atoms with Gasteiger partial charge >= 0.3 is 0 Å². The third-order valence-electron chi connectivity index (χ3n) is 3.72. The van der Waals surface area contributed by atoms with E-state index in [9.17, 15) is 9.59 Å². The molecule has 2 heterocycles. The number of carbonyl (C=O) groups excluding carboxylic acids is 2. The van der Waals surface area contributed by atoms with Gasteiger partial charge in [0.15, 0.2) is 6.61 Å². The molecule has 112 valence electrons. The molecule has 1 saturated heterocycles. The van der Waals surface area contributed by atoms with Crippen LogP contribution in [0.5, 0.6) is 5.75 Å². The maximum absolute atomic E-state index is 12.3. The molecule has 1 aromatic carbocycles. The average Bonchev–Trinajstić information content (AvgIpc) is 2.51. The molecule has 6 nitrogen and oxygen atoms in total. The van der Waals surface area contributed by atoms with Crippen LogP contribution in [0.2, 0.25) is 0 Å². The molecule has 21 heavy (non-hydrogen) atoms. The van der Waals surface area contributed by atoms with Gasteiger partial charge < -0.3 is 14.4 Å². The van der Waals surface area contributed by atoms with Crippen molar-refractivity contribution in [2.75, 3.05) is 44.4 Å². The van der Waals surface area contributed by atoms with E-state index < -0.39 is 0 Å².